The lowest BCUT2D eigenvalue weighted by molar-refractivity contribution is 0.459. The number of aromatic nitrogens is 2. The number of nitrogens with zero attached hydrogens (tertiary/aromatic N) is 3. The number of aryl methyl sites for hydroxylation is 1. The Labute approximate surface area is 190 Å². The largest absolute Gasteiger partial charge is 0.385 e. The first-order valence-corrected chi connectivity index (χ1v) is 11.9. The smallest absolute Gasteiger partial charge is 0.262 e. The van der Waals surface area contributed by atoms with Crippen molar-refractivity contribution >= 4 is 38.9 Å². The molecule has 2 atom stereocenters. The zero-order chi connectivity index (χ0) is 22.2. The maximum absolute atomic E-state index is 13.5. The van der Waals surface area contributed by atoms with Gasteiger partial charge >= 0.3 is 0 Å². The molecule has 0 bridgehead atoms. The molecule has 164 valence electrons. The number of nitrogens with one attached hydrogen (secondary N) is 1. The minimum Gasteiger partial charge on any atom is -0.385 e. The normalized spacial score (nSPS) is 19.6. The lowest BCUT2D eigenvalue weighted by Crippen LogP contribution is -2.30. The van der Waals surface area contributed by atoms with E-state index >= 15 is 0 Å². The first-order chi connectivity index (χ1) is 14.7. The third-order valence-electron chi connectivity index (χ3n) is 5.42. The molecule has 0 radical (unpaired) electrons. The van der Waals surface area contributed by atoms with E-state index in [9.17, 15) is 12.8 Å². The maximum atomic E-state index is 13.5. The number of halogens is 3. The van der Waals surface area contributed by atoms with Crippen molar-refractivity contribution in [3.63, 3.8) is 0 Å². The third kappa shape index (κ3) is 4.87. The summed E-state index contributed by atoms with van der Waals surface area (Å²) in [4.78, 5) is 4.02. The van der Waals surface area contributed by atoms with Crippen LogP contribution in [0.1, 0.15) is 11.5 Å². The highest BCUT2D eigenvalue weighted by Crippen LogP contribution is 2.36. The van der Waals surface area contributed by atoms with Crippen LogP contribution in [-0.4, -0.2) is 41.9 Å². The summed E-state index contributed by atoms with van der Waals surface area (Å²) in [7, 11) is -2.02. The zero-order valence-corrected chi connectivity index (χ0v) is 19.0. The molecule has 1 aromatic heterocycles. The van der Waals surface area contributed by atoms with Crippen LogP contribution in [0, 0.1) is 11.7 Å². The number of anilines is 1. The molecular formula is C21H21Cl2FN4O2S. The molecule has 6 nitrogen and oxygen atoms in total. The van der Waals surface area contributed by atoms with Crippen molar-refractivity contribution in [1.29, 1.82) is 0 Å². The van der Waals surface area contributed by atoms with Crippen LogP contribution < -0.4 is 5.32 Å². The van der Waals surface area contributed by atoms with Crippen LogP contribution in [0.25, 0.3) is 0 Å². The Morgan fingerprint density at radius 2 is 1.81 bits per heavy atom. The van der Waals surface area contributed by atoms with Gasteiger partial charge in [0, 0.05) is 54.5 Å². The highest BCUT2D eigenvalue weighted by atomic mass is 35.5. The second-order valence-electron chi connectivity index (χ2n) is 7.66. The molecule has 4 rings (SSSR count). The van der Waals surface area contributed by atoms with Gasteiger partial charge in [-0.1, -0.05) is 35.3 Å². The third-order valence-corrected chi connectivity index (χ3v) is 7.58. The molecule has 1 N–H and O–H groups in total. The van der Waals surface area contributed by atoms with Crippen molar-refractivity contribution in [2.45, 2.75) is 10.9 Å². The van der Waals surface area contributed by atoms with E-state index in [1.54, 1.807) is 41.9 Å². The van der Waals surface area contributed by atoms with Crippen molar-refractivity contribution < 1.29 is 12.8 Å². The van der Waals surface area contributed by atoms with Gasteiger partial charge in [0.2, 0.25) is 0 Å². The van der Waals surface area contributed by atoms with E-state index in [2.05, 4.69) is 10.3 Å². The first-order valence-electron chi connectivity index (χ1n) is 9.66. The Balaban J connectivity index is 1.59. The Kier molecular flexibility index (Phi) is 6.25. The van der Waals surface area contributed by atoms with Gasteiger partial charge in [0.15, 0.2) is 5.03 Å². The van der Waals surface area contributed by atoms with E-state index in [1.165, 1.54) is 29.0 Å². The summed E-state index contributed by atoms with van der Waals surface area (Å²) in [6.07, 6.45) is 2.95. The van der Waals surface area contributed by atoms with Crippen LogP contribution >= 0.6 is 23.2 Å². The Hall–Kier alpha value is -2.13. The lowest BCUT2D eigenvalue weighted by atomic mass is 9.89. The van der Waals surface area contributed by atoms with Gasteiger partial charge in [0.05, 0.1) is 6.33 Å². The van der Waals surface area contributed by atoms with Crippen LogP contribution in [0.15, 0.2) is 60.0 Å². The molecule has 2 heterocycles. The monoisotopic (exact) mass is 482 g/mol. The lowest BCUT2D eigenvalue weighted by Gasteiger charge is -2.20. The molecule has 10 heteroatoms. The summed E-state index contributed by atoms with van der Waals surface area (Å²) in [6, 6.07) is 11.4. The van der Waals surface area contributed by atoms with E-state index in [-0.39, 0.29) is 29.2 Å². The standard InChI is InChI=1S/C21H21Cl2FN4O2S/c1-27-12-21(26-13-27)31(29,30)28-10-15(9-25-19-7-16(22)6-17(23)8-19)20(11-28)14-2-4-18(24)5-3-14/h2-8,12-13,15,20,25H,9-11H2,1H3. The summed E-state index contributed by atoms with van der Waals surface area (Å²) in [5, 5.41) is 4.35. The molecule has 2 unspecified atom stereocenters. The molecule has 1 fully saturated rings. The molecule has 0 amide bonds. The molecule has 1 aliphatic heterocycles. The van der Waals surface area contributed by atoms with E-state index in [4.69, 9.17) is 23.2 Å². The summed E-state index contributed by atoms with van der Waals surface area (Å²) in [5.74, 6) is -0.495. The van der Waals surface area contributed by atoms with Gasteiger partial charge in [-0.15, -0.1) is 0 Å². The number of benzene rings is 2. The minimum absolute atomic E-state index is 0.0167. The van der Waals surface area contributed by atoms with Gasteiger partial charge in [-0.2, -0.15) is 4.31 Å². The Morgan fingerprint density at radius 1 is 1.13 bits per heavy atom. The van der Waals surface area contributed by atoms with Gasteiger partial charge < -0.3 is 9.88 Å². The van der Waals surface area contributed by atoms with E-state index in [0.717, 1.165) is 11.3 Å². The zero-order valence-electron chi connectivity index (χ0n) is 16.7. The first kappa shape index (κ1) is 22.1. The number of hydrogen-bond acceptors (Lipinski definition) is 4. The predicted octanol–water partition coefficient (Wildman–Crippen LogP) is 4.38. The second kappa shape index (κ2) is 8.78. The van der Waals surface area contributed by atoms with Gasteiger partial charge in [-0.3, -0.25) is 0 Å². The average Bonchev–Trinajstić information content (AvgIpc) is 3.33. The molecule has 3 aromatic rings. The van der Waals surface area contributed by atoms with Crippen molar-refractivity contribution in [1.82, 2.24) is 13.9 Å². The molecule has 2 aromatic carbocycles. The number of rotatable bonds is 6. The number of imidazole rings is 1. The Morgan fingerprint density at radius 3 is 2.42 bits per heavy atom. The minimum atomic E-state index is -3.74. The molecule has 1 aliphatic rings. The molecule has 0 spiro atoms. The van der Waals surface area contributed by atoms with Crippen LogP contribution in [0.4, 0.5) is 10.1 Å². The highest BCUT2D eigenvalue weighted by molar-refractivity contribution is 7.89. The van der Waals surface area contributed by atoms with Gasteiger partial charge in [-0.05, 0) is 41.8 Å². The van der Waals surface area contributed by atoms with Crippen molar-refractivity contribution in [3.8, 4) is 0 Å². The molecular weight excluding hydrogens is 462 g/mol. The van der Waals surface area contributed by atoms with Crippen LogP contribution in [-0.2, 0) is 17.1 Å². The van der Waals surface area contributed by atoms with Crippen LogP contribution in [0.3, 0.4) is 0 Å². The van der Waals surface area contributed by atoms with Crippen LogP contribution in [0.5, 0.6) is 0 Å². The summed E-state index contributed by atoms with van der Waals surface area (Å²) in [6.45, 7) is 1.09. The molecule has 0 saturated carbocycles. The SMILES string of the molecule is Cn1cnc(S(=O)(=O)N2CC(CNc3cc(Cl)cc(Cl)c3)C(c3ccc(F)cc3)C2)c1. The van der Waals surface area contributed by atoms with Crippen molar-refractivity contribution in [2.75, 3.05) is 25.0 Å². The Bertz CT molecular complexity index is 1160. The van der Waals surface area contributed by atoms with Gasteiger partial charge in [0.25, 0.3) is 10.0 Å². The van der Waals surface area contributed by atoms with Crippen LogP contribution in [0.2, 0.25) is 10.0 Å². The topological polar surface area (TPSA) is 67.2 Å². The van der Waals surface area contributed by atoms with E-state index < -0.39 is 10.0 Å². The molecule has 1 saturated heterocycles. The second-order valence-corrected chi connectivity index (χ2v) is 10.4. The molecule has 31 heavy (non-hydrogen) atoms. The predicted molar refractivity (Wildman–Crippen MR) is 120 cm³/mol. The number of sulfonamides is 1. The van der Waals surface area contributed by atoms with Gasteiger partial charge in [-0.25, -0.2) is 17.8 Å². The van der Waals surface area contributed by atoms with Gasteiger partial charge in [0.1, 0.15) is 5.82 Å². The molecule has 0 aliphatic carbocycles. The average molecular weight is 483 g/mol. The fourth-order valence-electron chi connectivity index (χ4n) is 3.88. The fraction of sp³-hybridized carbons (Fsp3) is 0.286. The number of hydrogen-bond donors (Lipinski definition) is 1. The summed E-state index contributed by atoms with van der Waals surface area (Å²) in [5.41, 5.74) is 1.64. The van der Waals surface area contributed by atoms with E-state index in [1.807, 2.05) is 0 Å². The summed E-state index contributed by atoms with van der Waals surface area (Å²) < 4.78 is 42.7. The summed E-state index contributed by atoms with van der Waals surface area (Å²) >= 11 is 12.2. The van der Waals surface area contributed by atoms with Crippen molar-refractivity contribution in [2.24, 2.45) is 13.0 Å². The highest BCUT2D eigenvalue weighted by Gasteiger charge is 2.40. The maximum Gasteiger partial charge on any atom is 0.262 e. The van der Waals surface area contributed by atoms with Crippen molar-refractivity contribution in [3.05, 3.63) is 76.4 Å². The fourth-order valence-corrected chi connectivity index (χ4v) is 5.90. The quantitative estimate of drug-likeness (QED) is 0.565. The van der Waals surface area contributed by atoms with E-state index in [0.29, 0.717) is 23.1 Å².